The Bertz CT molecular complexity index is 765. The molecule has 21 heavy (non-hydrogen) atoms. The summed E-state index contributed by atoms with van der Waals surface area (Å²) in [6.07, 6.45) is 4.89. The lowest BCUT2D eigenvalue weighted by molar-refractivity contribution is 0.102. The van der Waals surface area contributed by atoms with E-state index in [1.807, 2.05) is 49.4 Å². The number of anilines is 1. The van der Waals surface area contributed by atoms with Crippen LogP contribution in [0, 0.1) is 6.92 Å². The first-order valence-corrected chi connectivity index (χ1v) is 6.57. The van der Waals surface area contributed by atoms with Gasteiger partial charge < -0.3 is 5.32 Å². The number of benzene rings is 1. The number of carbonyl (C=O) groups is 1. The van der Waals surface area contributed by atoms with Gasteiger partial charge >= 0.3 is 0 Å². The van der Waals surface area contributed by atoms with Crippen LogP contribution in [0.5, 0.6) is 0 Å². The van der Waals surface area contributed by atoms with Crippen molar-refractivity contribution in [1.82, 2.24) is 14.8 Å². The van der Waals surface area contributed by atoms with E-state index in [2.05, 4.69) is 15.4 Å². The van der Waals surface area contributed by atoms with Crippen LogP contribution in [0.15, 0.2) is 61.1 Å². The molecule has 104 valence electrons. The van der Waals surface area contributed by atoms with Crippen LogP contribution in [0.4, 0.5) is 5.82 Å². The van der Waals surface area contributed by atoms with Crippen molar-refractivity contribution >= 4 is 11.7 Å². The molecular formula is C16H14N4O. The number of hydrogen-bond donors (Lipinski definition) is 1. The first kappa shape index (κ1) is 13.1. The molecule has 5 heteroatoms. The quantitative estimate of drug-likeness (QED) is 0.801. The predicted octanol–water partition coefficient (Wildman–Crippen LogP) is 2.83. The molecule has 3 rings (SSSR count). The Balaban J connectivity index is 1.80. The molecule has 0 aliphatic heterocycles. The fourth-order valence-corrected chi connectivity index (χ4v) is 1.96. The number of carbonyl (C=O) groups excluding carboxylic acids is 1. The SMILES string of the molecule is Cc1cccnc1NC(=O)c1cnn(-c2ccccc2)c1. The number of rotatable bonds is 3. The number of nitrogens with zero attached hydrogens (tertiary/aromatic N) is 3. The summed E-state index contributed by atoms with van der Waals surface area (Å²) in [7, 11) is 0. The van der Waals surface area contributed by atoms with Gasteiger partial charge in [-0.3, -0.25) is 4.79 Å². The third kappa shape index (κ3) is 2.81. The zero-order valence-corrected chi connectivity index (χ0v) is 11.5. The second-order valence-corrected chi connectivity index (χ2v) is 4.63. The Morgan fingerprint density at radius 1 is 1.14 bits per heavy atom. The summed E-state index contributed by atoms with van der Waals surface area (Å²) in [5, 5.41) is 6.99. The van der Waals surface area contributed by atoms with E-state index < -0.39 is 0 Å². The van der Waals surface area contributed by atoms with E-state index in [9.17, 15) is 4.79 Å². The monoisotopic (exact) mass is 278 g/mol. The van der Waals surface area contributed by atoms with E-state index in [1.54, 1.807) is 23.3 Å². The number of pyridine rings is 1. The molecule has 2 aromatic heterocycles. The van der Waals surface area contributed by atoms with Crippen molar-refractivity contribution in [3.05, 3.63) is 72.2 Å². The minimum absolute atomic E-state index is 0.223. The van der Waals surface area contributed by atoms with Crippen LogP contribution in [0.2, 0.25) is 0 Å². The topological polar surface area (TPSA) is 59.8 Å². The van der Waals surface area contributed by atoms with E-state index in [1.165, 1.54) is 0 Å². The van der Waals surface area contributed by atoms with Crippen molar-refractivity contribution in [2.24, 2.45) is 0 Å². The number of nitrogens with one attached hydrogen (secondary N) is 1. The number of aromatic nitrogens is 3. The molecule has 5 nitrogen and oxygen atoms in total. The van der Waals surface area contributed by atoms with Crippen molar-refractivity contribution in [2.45, 2.75) is 6.92 Å². The van der Waals surface area contributed by atoms with E-state index >= 15 is 0 Å². The van der Waals surface area contributed by atoms with E-state index in [0.29, 0.717) is 11.4 Å². The van der Waals surface area contributed by atoms with Gasteiger partial charge in [0.15, 0.2) is 0 Å². The minimum atomic E-state index is -0.223. The van der Waals surface area contributed by atoms with Crippen LogP contribution in [0.3, 0.4) is 0 Å². The van der Waals surface area contributed by atoms with E-state index in [0.717, 1.165) is 11.3 Å². The van der Waals surface area contributed by atoms with Crippen LogP contribution in [-0.2, 0) is 0 Å². The van der Waals surface area contributed by atoms with Gasteiger partial charge in [-0.15, -0.1) is 0 Å². The smallest absolute Gasteiger partial charge is 0.260 e. The van der Waals surface area contributed by atoms with Gasteiger partial charge in [0.1, 0.15) is 5.82 Å². The third-order valence-corrected chi connectivity index (χ3v) is 3.11. The maximum atomic E-state index is 12.2. The number of aryl methyl sites for hydroxylation is 1. The summed E-state index contributed by atoms with van der Waals surface area (Å²) in [5.41, 5.74) is 2.32. The molecule has 0 fully saturated rings. The van der Waals surface area contributed by atoms with Gasteiger partial charge in [-0.25, -0.2) is 9.67 Å². The first-order valence-electron chi connectivity index (χ1n) is 6.57. The number of para-hydroxylation sites is 1. The predicted molar refractivity (Wildman–Crippen MR) is 80.5 cm³/mol. The second-order valence-electron chi connectivity index (χ2n) is 4.63. The first-order chi connectivity index (χ1) is 10.2. The molecular weight excluding hydrogens is 264 g/mol. The maximum Gasteiger partial charge on any atom is 0.260 e. The Morgan fingerprint density at radius 3 is 2.71 bits per heavy atom. The highest BCUT2D eigenvalue weighted by molar-refractivity contribution is 6.03. The summed E-state index contributed by atoms with van der Waals surface area (Å²) < 4.78 is 1.67. The van der Waals surface area contributed by atoms with Crippen molar-refractivity contribution in [3.8, 4) is 5.69 Å². The molecule has 0 aliphatic rings. The highest BCUT2D eigenvalue weighted by Crippen LogP contribution is 2.12. The summed E-state index contributed by atoms with van der Waals surface area (Å²) in [4.78, 5) is 16.4. The summed E-state index contributed by atoms with van der Waals surface area (Å²) in [5.74, 6) is 0.342. The molecule has 0 aliphatic carbocycles. The largest absolute Gasteiger partial charge is 0.306 e. The van der Waals surface area contributed by atoms with Crippen LogP contribution in [0.1, 0.15) is 15.9 Å². The Morgan fingerprint density at radius 2 is 1.95 bits per heavy atom. The zero-order chi connectivity index (χ0) is 14.7. The fraction of sp³-hybridized carbons (Fsp3) is 0.0625. The number of hydrogen-bond acceptors (Lipinski definition) is 3. The number of amides is 1. The second kappa shape index (κ2) is 5.58. The van der Waals surface area contributed by atoms with Gasteiger partial charge in [0.05, 0.1) is 17.4 Å². The molecule has 0 saturated carbocycles. The molecule has 1 aromatic carbocycles. The van der Waals surface area contributed by atoms with Gasteiger partial charge in [-0.1, -0.05) is 24.3 Å². The lowest BCUT2D eigenvalue weighted by Gasteiger charge is -2.05. The fourth-order valence-electron chi connectivity index (χ4n) is 1.96. The minimum Gasteiger partial charge on any atom is -0.306 e. The molecule has 3 aromatic rings. The van der Waals surface area contributed by atoms with Gasteiger partial charge in [0.25, 0.3) is 5.91 Å². The highest BCUT2D eigenvalue weighted by Gasteiger charge is 2.11. The average molecular weight is 278 g/mol. The Kier molecular flexibility index (Phi) is 3.47. The lowest BCUT2D eigenvalue weighted by Crippen LogP contribution is -2.13. The average Bonchev–Trinajstić information content (AvgIpc) is 3.00. The van der Waals surface area contributed by atoms with Crippen LogP contribution in [0.25, 0.3) is 5.69 Å². The van der Waals surface area contributed by atoms with Crippen molar-refractivity contribution in [3.63, 3.8) is 0 Å². The summed E-state index contributed by atoms with van der Waals surface area (Å²) in [6, 6.07) is 13.4. The van der Waals surface area contributed by atoms with Gasteiger partial charge in [0.2, 0.25) is 0 Å². The van der Waals surface area contributed by atoms with Crippen molar-refractivity contribution < 1.29 is 4.79 Å². The van der Waals surface area contributed by atoms with Crippen molar-refractivity contribution in [1.29, 1.82) is 0 Å². The van der Waals surface area contributed by atoms with Gasteiger partial charge in [-0.2, -0.15) is 5.10 Å². The standard InChI is InChI=1S/C16H14N4O/c1-12-6-5-9-17-15(12)19-16(21)13-10-18-20(11-13)14-7-3-2-4-8-14/h2-11H,1H3,(H,17,19,21). The van der Waals surface area contributed by atoms with Gasteiger partial charge in [-0.05, 0) is 30.7 Å². The third-order valence-electron chi connectivity index (χ3n) is 3.11. The molecule has 0 bridgehead atoms. The summed E-state index contributed by atoms with van der Waals surface area (Å²) >= 11 is 0. The summed E-state index contributed by atoms with van der Waals surface area (Å²) in [6.45, 7) is 1.90. The van der Waals surface area contributed by atoms with Crippen LogP contribution >= 0.6 is 0 Å². The zero-order valence-electron chi connectivity index (χ0n) is 11.5. The molecule has 0 spiro atoms. The Hall–Kier alpha value is -2.95. The highest BCUT2D eigenvalue weighted by atomic mass is 16.1. The maximum absolute atomic E-state index is 12.2. The molecule has 1 amide bonds. The van der Waals surface area contributed by atoms with Gasteiger partial charge in [0, 0.05) is 12.4 Å². The molecule has 2 heterocycles. The molecule has 0 saturated heterocycles. The Labute approximate surface area is 122 Å². The van der Waals surface area contributed by atoms with Crippen LogP contribution < -0.4 is 5.32 Å². The normalized spacial score (nSPS) is 10.3. The molecule has 0 radical (unpaired) electrons. The van der Waals surface area contributed by atoms with E-state index in [4.69, 9.17) is 0 Å². The van der Waals surface area contributed by atoms with Crippen molar-refractivity contribution in [2.75, 3.05) is 5.32 Å². The van der Waals surface area contributed by atoms with Crippen LogP contribution in [-0.4, -0.2) is 20.7 Å². The lowest BCUT2D eigenvalue weighted by atomic mass is 10.2. The van der Waals surface area contributed by atoms with E-state index in [-0.39, 0.29) is 5.91 Å². The molecule has 1 N–H and O–H groups in total. The molecule has 0 atom stereocenters. The molecule has 0 unspecified atom stereocenters.